The van der Waals surface area contributed by atoms with Crippen LogP contribution in [0.2, 0.25) is 0 Å². The molecule has 1 aromatic heterocycles. The minimum atomic E-state index is 0.300. The van der Waals surface area contributed by atoms with Crippen molar-refractivity contribution in [3.63, 3.8) is 0 Å². The van der Waals surface area contributed by atoms with E-state index in [-0.39, 0.29) is 0 Å². The summed E-state index contributed by atoms with van der Waals surface area (Å²) in [6.45, 7) is 0.691. The highest BCUT2D eigenvalue weighted by atomic mass is 16.5. The number of rotatable bonds is 3. The van der Waals surface area contributed by atoms with Gasteiger partial charge in [0.05, 0.1) is 5.69 Å². The van der Waals surface area contributed by atoms with Crippen molar-refractivity contribution >= 4 is 0 Å². The molecule has 1 unspecified atom stereocenters. The van der Waals surface area contributed by atoms with Crippen LogP contribution in [0.25, 0.3) is 0 Å². The monoisotopic (exact) mass is 230 g/mol. The number of nitrogens with one attached hydrogen (secondary N) is 1. The first-order chi connectivity index (χ1) is 8.34. The number of phenols is 1. The molecule has 0 amide bonds. The van der Waals surface area contributed by atoms with Crippen LogP contribution in [0.4, 0.5) is 0 Å². The van der Waals surface area contributed by atoms with Crippen molar-refractivity contribution < 1.29 is 9.63 Å². The number of aromatic nitrogens is 1. The summed E-state index contributed by atoms with van der Waals surface area (Å²) in [6, 6.07) is 7.87. The summed E-state index contributed by atoms with van der Waals surface area (Å²) in [7, 11) is 0. The molecule has 88 valence electrons. The first kappa shape index (κ1) is 10.4. The molecule has 0 bridgehead atoms. The van der Waals surface area contributed by atoms with Crippen LogP contribution in [-0.2, 0) is 13.0 Å². The third-order valence-electron chi connectivity index (χ3n) is 3.27. The minimum Gasteiger partial charge on any atom is -0.508 e. The topological polar surface area (TPSA) is 58.3 Å². The van der Waals surface area contributed by atoms with Crippen molar-refractivity contribution in [1.29, 1.82) is 0 Å². The lowest BCUT2D eigenvalue weighted by atomic mass is 10.1. The Hall–Kier alpha value is -1.81. The van der Waals surface area contributed by atoms with E-state index in [2.05, 4.69) is 16.5 Å². The fraction of sp³-hybridized carbons (Fsp3) is 0.308. The Kier molecular flexibility index (Phi) is 2.57. The first-order valence-electron chi connectivity index (χ1n) is 5.78. The van der Waals surface area contributed by atoms with Crippen molar-refractivity contribution in [1.82, 2.24) is 10.5 Å². The first-order valence-corrected chi connectivity index (χ1v) is 5.78. The van der Waals surface area contributed by atoms with Crippen LogP contribution in [-0.4, -0.2) is 10.3 Å². The molecule has 4 heteroatoms. The summed E-state index contributed by atoms with van der Waals surface area (Å²) >= 11 is 0. The van der Waals surface area contributed by atoms with Gasteiger partial charge in [0.25, 0.3) is 0 Å². The quantitative estimate of drug-likeness (QED) is 0.848. The van der Waals surface area contributed by atoms with Gasteiger partial charge in [0.1, 0.15) is 12.0 Å². The second-order valence-corrected chi connectivity index (χ2v) is 4.31. The fourth-order valence-electron chi connectivity index (χ4n) is 2.40. The van der Waals surface area contributed by atoms with Gasteiger partial charge in [-0.3, -0.25) is 0 Å². The van der Waals surface area contributed by atoms with Gasteiger partial charge < -0.3 is 14.9 Å². The van der Waals surface area contributed by atoms with E-state index in [1.54, 1.807) is 12.3 Å². The Balaban J connectivity index is 1.73. The summed E-state index contributed by atoms with van der Waals surface area (Å²) in [5, 5.41) is 17.0. The maximum atomic E-state index is 9.75. The molecule has 17 heavy (non-hydrogen) atoms. The number of benzene rings is 1. The molecule has 3 rings (SSSR count). The second-order valence-electron chi connectivity index (χ2n) is 4.31. The fourth-order valence-corrected chi connectivity index (χ4v) is 2.40. The molecule has 1 heterocycles. The van der Waals surface area contributed by atoms with E-state index in [0.717, 1.165) is 24.1 Å². The van der Waals surface area contributed by atoms with Crippen LogP contribution < -0.4 is 5.32 Å². The van der Waals surface area contributed by atoms with E-state index < -0.39 is 0 Å². The van der Waals surface area contributed by atoms with Gasteiger partial charge in [-0.15, -0.1) is 0 Å². The Morgan fingerprint density at radius 3 is 3.18 bits per heavy atom. The highest BCUT2D eigenvalue weighted by Gasteiger charge is 2.24. The average molecular weight is 230 g/mol. The molecule has 1 aliphatic rings. The van der Waals surface area contributed by atoms with Crippen molar-refractivity contribution in [3.8, 4) is 5.75 Å². The van der Waals surface area contributed by atoms with Crippen molar-refractivity contribution in [2.45, 2.75) is 25.4 Å². The van der Waals surface area contributed by atoms with Crippen LogP contribution in [0.15, 0.2) is 35.1 Å². The molecule has 2 N–H and O–H groups in total. The SMILES string of the molecule is Oc1cccc2c1CCC2NCc1ccon1. The zero-order valence-electron chi connectivity index (χ0n) is 9.39. The Morgan fingerprint density at radius 1 is 1.41 bits per heavy atom. The van der Waals surface area contributed by atoms with Crippen molar-refractivity contribution in [2.75, 3.05) is 0 Å². The smallest absolute Gasteiger partial charge is 0.124 e. The molecule has 2 aromatic rings. The third-order valence-corrected chi connectivity index (χ3v) is 3.27. The van der Waals surface area contributed by atoms with E-state index >= 15 is 0 Å². The number of nitrogens with zero attached hydrogens (tertiary/aromatic N) is 1. The molecular weight excluding hydrogens is 216 g/mol. The second kappa shape index (κ2) is 4.22. The van der Waals surface area contributed by atoms with E-state index in [1.807, 2.05) is 12.1 Å². The molecule has 1 aromatic carbocycles. The molecule has 0 radical (unpaired) electrons. The third kappa shape index (κ3) is 1.91. The molecular formula is C13H14N2O2. The van der Waals surface area contributed by atoms with Gasteiger partial charge >= 0.3 is 0 Å². The zero-order valence-corrected chi connectivity index (χ0v) is 9.39. The molecule has 0 saturated carbocycles. The Morgan fingerprint density at radius 2 is 2.35 bits per heavy atom. The van der Waals surface area contributed by atoms with Gasteiger partial charge in [0.15, 0.2) is 0 Å². The molecule has 4 nitrogen and oxygen atoms in total. The highest BCUT2D eigenvalue weighted by Crippen LogP contribution is 2.36. The lowest BCUT2D eigenvalue weighted by molar-refractivity contribution is 0.404. The largest absolute Gasteiger partial charge is 0.508 e. The normalized spacial score (nSPS) is 18.2. The average Bonchev–Trinajstić information content (AvgIpc) is 2.95. The van der Waals surface area contributed by atoms with E-state index in [4.69, 9.17) is 4.52 Å². The van der Waals surface area contributed by atoms with Crippen molar-refractivity contribution in [2.24, 2.45) is 0 Å². The Labute approximate surface area is 99.3 Å². The number of phenolic OH excluding ortho intramolecular Hbond substituents is 1. The van der Waals surface area contributed by atoms with Crippen LogP contribution in [0.1, 0.15) is 29.3 Å². The zero-order chi connectivity index (χ0) is 11.7. The number of hydrogen-bond donors (Lipinski definition) is 2. The number of fused-ring (bicyclic) bond motifs is 1. The van der Waals surface area contributed by atoms with Gasteiger partial charge in [0, 0.05) is 18.7 Å². The lowest BCUT2D eigenvalue weighted by Crippen LogP contribution is -2.18. The van der Waals surface area contributed by atoms with Gasteiger partial charge in [-0.1, -0.05) is 17.3 Å². The molecule has 1 atom stereocenters. The van der Waals surface area contributed by atoms with Crippen LogP contribution in [0.3, 0.4) is 0 Å². The Bertz CT molecular complexity index is 508. The van der Waals surface area contributed by atoms with Crippen LogP contribution in [0, 0.1) is 0 Å². The molecule has 0 spiro atoms. The molecule has 1 aliphatic carbocycles. The van der Waals surface area contributed by atoms with E-state index in [0.29, 0.717) is 18.3 Å². The minimum absolute atomic E-state index is 0.300. The van der Waals surface area contributed by atoms with Crippen molar-refractivity contribution in [3.05, 3.63) is 47.3 Å². The van der Waals surface area contributed by atoms with E-state index in [9.17, 15) is 5.11 Å². The summed E-state index contributed by atoms with van der Waals surface area (Å²) in [5.74, 6) is 0.410. The summed E-state index contributed by atoms with van der Waals surface area (Å²) in [5.41, 5.74) is 3.18. The van der Waals surface area contributed by atoms with Gasteiger partial charge in [-0.2, -0.15) is 0 Å². The van der Waals surface area contributed by atoms with Crippen LogP contribution in [0.5, 0.6) is 5.75 Å². The summed E-state index contributed by atoms with van der Waals surface area (Å²) in [6.07, 6.45) is 3.52. The highest BCUT2D eigenvalue weighted by molar-refractivity contribution is 5.44. The number of hydrogen-bond acceptors (Lipinski definition) is 4. The van der Waals surface area contributed by atoms with E-state index in [1.165, 1.54) is 5.56 Å². The van der Waals surface area contributed by atoms with Gasteiger partial charge in [-0.05, 0) is 30.0 Å². The summed E-state index contributed by atoms with van der Waals surface area (Å²) < 4.78 is 4.79. The molecule has 0 fully saturated rings. The maximum absolute atomic E-state index is 9.75. The predicted octanol–water partition coefficient (Wildman–Crippen LogP) is 2.16. The van der Waals surface area contributed by atoms with Gasteiger partial charge in [0.2, 0.25) is 0 Å². The predicted molar refractivity (Wildman–Crippen MR) is 62.5 cm³/mol. The maximum Gasteiger partial charge on any atom is 0.124 e. The van der Waals surface area contributed by atoms with Gasteiger partial charge in [-0.25, -0.2) is 0 Å². The molecule has 0 aliphatic heterocycles. The number of aromatic hydroxyl groups is 1. The lowest BCUT2D eigenvalue weighted by Gasteiger charge is -2.12. The molecule has 0 saturated heterocycles. The van der Waals surface area contributed by atoms with Crippen LogP contribution >= 0.6 is 0 Å². The summed E-state index contributed by atoms with van der Waals surface area (Å²) in [4.78, 5) is 0. The standard InChI is InChI=1S/C13H14N2O2/c16-13-3-1-2-10-11(13)4-5-12(10)14-8-9-6-7-17-15-9/h1-3,6-7,12,14,16H,4-5,8H2.